The zero-order valence-corrected chi connectivity index (χ0v) is 16.6. The number of hydrogen-bond acceptors (Lipinski definition) is 5. The van der Waals surface area contributed by atoms with Crippen LogP contribution in [-0.4, -0.2) is 46.6 Å². The molecule has 3 aromatic carbocycles. The van der Waals surface area contributed by atoms with Crippen molar-refractivity contribution in [2.75, 3.05) is 13.6 Å². The summed E-state index contributed by atoms with van der Waals surface area (Å²) in [7, 11) is 2.05. The number of nitrogens with zero attached hydrogens (tertiary/aromatic N) is 1. The van der Waals surface area contributed by atoms with Gasteiger partial charge in [-0.3, -0.25) is 9.69 Å². The Morgan fingerprint density at radius 2 is 1.90 bits per heavy atom. The topological polar surface area (TPSA) is 70.0 Å². The lowest BCUT2D eigenvalue weighted by atomic mass is 9.47. The largest absolute Gasteiger partial charge is 0.504 e. The maximum Gasteiger partial charge on any atom is 0.204 e. The predicted molar refractivity (Wildman–Crippen MR) is 111 cm³/mol. The van der Waals surface area contributed by atoms with Crippen molar-refractivity contribution >= 4 is 16.6 Å². The van der Waals surface area contributed by atoms with Crippen molar-refractivity contribution in [1.29, 1.82) is 0 Å². The highest BCUT2D eigenvalue weighted by atomic mass is 16.5. The Balaban J connectivity index is 1.65. The number of aliphatic hydroxyl groups is 1. The van der Waals surface area contributed by atoms with E-state index in [2.05, 4.69) is 4.90 Å². The highest BCUT2D eigenvalue weighted by molar-refractivity contribution is 6.08. The van der Waals surface area contributed by atoms with Gasteiger partial charge >= 0.3 is 0 Å². The number of ketones is 1. The molecule has 0 saturated carbocycles. The predicted octanol–water partition coefficient (Wildman–Crippen LogP) is 2.89. The summed E-state index contributed by atoms with van der Waals surface area (Å²) in [6.45, 7) is 0.761. The van der Waals surface area contributed by atoms with Gasteiger partial charge in [-0.2, -0.15) is 0 Å². The minimum absolute atomic E-state index is 0.0410. The van der Waals surface area contributed by atoms with E-state index in [-0.39, 0.29) is 17.6 Å². The van der Waals surface area contributed by atoms with Crippen LogP contribution in [0.15, 0.2) is 48.5 Å². The molecule has 3 aromatic rings. The van der Waals surface area contributed by atoms with Crippen molar-refractivity contribution in [3.8, 4) is 11.5 Å². The van der Waals surface area contributed by atoms with Gasteiger partial charge in [0.25, 0.3) is 0 Å². The number of rotatable bonds is 0. The zero-order valence-electron chi connectivity index (χ0n) is 16.6. The number of phenols is 1. The van der Waals surface area contributed by atoms with E-state index in [1.54, 1.807) is 6.07 Å². The first-order chi connectivity index (χ1) is 14.5. The molecule has 1 unspecified atom stereocenters. The molecule has 0 amide bonds. The molecule has 2 aliphatic carbocycles. The van der Waals surface area contributed by atoms with E-state index in [4.69, 9.17) is 4.74 Å². The minimum atomic E-state index is -1.27. The monoisotopic (exact) mass is 399 g/mol. The smallest absolute Gasteiger partial charge is 0.204 e. The Morgan fingerprint density at radius 1 is 1.13 bits per heavy atom. The first-order valence-corrected chi connectivity index (χ1v) is 10.5. The summed E-state index contributed by atoms with van der Waals surface area (Å²) in [6, 6.07) is 15.2. The lowest BCUT2D eigenvalue weighted by Gasteiger charge is -2.62. The SMILES string of the molecule is CN1CC[C@]23c4c5ccc(O)c4O[C@@H]2C(=O)c2cc4ccccc4cc2[C@@]3(O)C1C5. The van der Waals surface area contributed by atoms with E-state index in [0.717, 1.165) is 28.4 Å². The molecule has 150 valence electrons. The molecule has 7 rings (SSSR count). The molecule has 0 aromatic heterocycles. The van der Waals surface area contributed by atoms with Gasteiger partial charge in [-0.25, -0.2) is 0 Å². The molecule has 30 heavy (non-hydrogen) atoms. The average Bonchev–Trinajstić information content (AvgIpc) is 3.11. The summed E-state index contributed by atoms with van der Waals surface area (Å²) in [5, 5.41) is 25.2. The number of Topliss-reactive ketones (excluding diaryl/α,β-unsaturated/α-hetero) is 1. The molecule has 4 atom stereocenters. The summed E-state index contributed by atoms with van der Waals surface area (Å²) in [6.07, 6.45) is 0.422. The van der Waals surface area contributed by atoms with E-state index in [9.17, 15) is 15.0 Å². The van der Waals surface area contributed by atoms with Crippen LogP contribution in [0, 0.1) is 0 Å². The molecule has 4 aliphatic rings. The van der Waals surface area contributed by atoms with Crippen molar-refractivity contribution < 1.29 is 19.7 Å². The van der Waals surface area contributed by atoms with Crippen molar-refractivity contribution in [3.63, 3.8) is 0 Å². The number of likely N-dealkylation sites (tertiary alicyclic amines) is 1. The molecular formula is C25H21NO4. The van der Waals surface area contributed by atoms with Crippen LogP contribution in [0.25, 0.3) is 10.8 Å². The first-order valence-electron chi connectivity index (χ1n) is 10.5. The quantitative estimate of drug-likeness (QED) is 0.608. The highest BCUT2D eigenvalue weighted by Gasteiger charge is 2.74. The lowest BCUT2D eigenvalue weighted by Crippen LogP contribution is -2.74. The van der Waals surface area contributed by atoms with E-state index < -0.39 is 17.1 Å². The molecule has 0 radical (unpaired) electrons. The van der Waals surface area contributed by atoms with Gasteiger partial charge in [0.15, 0.2) is 17.6 Å². The Morgan fingerprint density at radius 3 is 2.70 bits per heavy atom. The van der Waals surface area contributed by atoms with Gasteiger partial charge in [-0.15, -0.1) is 0 Å². The molecule has 5 heteroatoms. The standard InChI is InChI=1S/C25H21NO4/c1-26-9-8-24-20-15-6-7-18(27)22(20)30-23(24)21(28)16-10-13-4-2-3-5-14(13)11-17(16)25(24,29)19(26)12-15/h2-7,10-11,19,23,27,29H,8-9,12H2,1H3/t19?,23-,24+,25-/m1/s1. The maximum absolute atomic E-state index is 13.8. The second kappa shape index (κ2) is 5.05. The fourth-order valence-electron chi connectivity index (χ4n) is 6.81. The first kappa shape index (κ1) is 16.9. The third-order valence-electron chi connectivity index (χ3n) is 8.12. The number of likely N-dealkylation sites (N-methyl/N-ethyl adjacent to an activating group) is 1. The van der Waals surface area contributed by atoms with Gasteiger partial charge < -0.3 is 14.9 Å². The van der Waals surface area contributed by atoms with Gasteiger partial charge in [0.2, 0.25) is 5.78 Å². The van der Waals surface area contributed by atoms with Crippen LogP contribution in [0.3, 0.4) is 0 Å². The van der Waals surface area contributed by atoms with E-state index in [1.807, 2.05) is 49.5 Å². The fraction of sp³-hybridized carbons (Fsp3) is 0.320. The third kappa shape index (κ3) is 1.58. The molecule has 1 spiro atoms. The number of piperidine rings is 1. The van der Waals surface area contributed by atoms with Crippen LogP contribution in [0.5, 0.6) is 11.5 Å². The molecule has 2 aliphatic heterocycles. The van der Waals surface area contributed by atoms with Crippen LogP contribution in [0.4, 0.5) is 0 Å². The van der Waals surface area contributed by atoms with Crippen LogP contribution in [-0.2, 0) is 17.4 Å². The molecule has 1 fully saturated rings. The molecule has 2 bridgehead atoms. The summed E-state index contributed by atoms with van der Waals surface area (Å²) >= 11 is 0. The summed E-state index contributed by atoms with van der Waals surface area (Å²) in [4.78, 5) is 16.0. The molecule has 1 saturated heterocycles. The molecule has 2 heterocycles. The number of ether oxygens (including phenoxy) is 1. The zero-order chi connectivity index (χ0) is 20.4. The maximum atomic E-state index is 13.8. The minimum Gasteiger partial charge on any atom is -0.504 e. The van der Waals surface area contributed by atoms with Crippen LogP contribution < -0.4 is 4.74 Å². The number of benzene rings is 3. The number of hydrogen-bond donors (Lipinski definition) is 2. The Labute approximate surface area is 173 Å². The number of carbonyl (C=O) groups is 1. The van der Waals surface area contributed by atoms with Crippen molar-refractivity contribution in [2.45, 2.75) is 36.0 Å². The van der Waals surface area contributed by atoms with Crippen molar-refractivity contribution in [3.05, 3.63) is 70.8 Å². The molecular weight excluding hydrogens is 378 g/mol. The molecule has 5 nitrogen and oxygen atoms in total. The van der Waals surface area contributed by atoms with Crippen molar-refractivity contribution in [2.24, 2.45) is 0 Å². The Bertz CT molecular complexity index is 1300. The van der Waals surface area contributed by atoms with Gasteiger partial charge in [0.05, 0.1) is 5.41 Å². The number of carbonyl (C=O) groups excluding carboxylic acids is 1. The Hall–Kier alpha value is -2.89. The van der Waals surface area contributed by atoms with E-state index in [1.165, 1.54) is 0 Å². The van der Waals surface area contributed by atoms with E-state index in [0.29, 0.717) is 29.7 Å². The highest BCUT2D eigenvalue weighted by Crippen LogP contribution is 2.67. The van der Waals surface area contributed by atoms with Crippen molar-refractivity contribution in [1.82, 2.24) is 4.90 Å². The van der Waals surface area contributed by atoms with Crippen LogP contribution >= 0.6 is 0 Å². The van der Waals surface area contributed by atoms with Gasteiger partial charge in [0.1, 0.15) is 5.60 Å². The summed E-state index contributed by atoms with van der Waals surface area (Å²) < 4.78 is 6.21. The van der Waals surface area contributed by atoms with Gasteiger partial charge in [-0.05, 0) is 66.5 Å². The normalized spacial score (nSPS) is 33.2. The van der Waals surface area contributed by atoms with Crippen LogP contribution in [0.2, 0.25) is 0 Å². The average molecular weight is 399 g/mol. The second-order valence-corrected chi connectivity index (χ2v) is 9.24. The van der Waals surface area contributed by atoms with Gasteiger partial charge in [0, 0.05) is 17.2 Å². The number of phenolic OH excluding ortho intramolecular Hbond substituents is 1. The van der Waals surface area contributed by atoms with E-state index >= 15 is 0 Å². The Kier molecular flexibility index (Phi) is 2.84. The molecule has 2 N–H and O–H groups in total. The lowest BCUT2D eigenvalue weighted by molar-refractivity contribution is -0.164. The number of fused-ring (bicyclic) bond motifs is 2. The number of aromatic hydroxyl groups is 1. The third-order valence-corrected chi connectivity index (χ3v) is 8.12. The summed E-state index contributed by atoms with van der Waals surface area (Å²) in [5.74, 6) is 0.316. The second-order valence-electron chi connectivity index (χ2n) is 9.24. The van der Waals surface area contributed by atoms with Crippen LogP contribution in [0.1, 0.15) is 33.5 Å². The van der Waals surface area contributed by atoms with Gasteiger partial charge in [-0.1, -0.05) is 30.3 Å². The fourth-order valence-corrected chi connectivity index (χ4v) is 6.81. The summed E-state index contributed by atoms with van der Waals surface area (Å²) in [5.41, 5.74) is 0.981.